The molecule has 1 unspecified atom stereocenters. The second-order valence-electron chi connectivity index (χ2n) is 5.51. The third-order valence-electron chi connectivity index (χ3n) is 3.17. The van der Waals surface area contributed by atoms with Gasteiger partial charge in [-0.25, -0.2) is 0 Å². The Kier molecular flexibility index (Phi) is 6.58. The number of nitro groups is 1. The molecule has 0 spiro atoms. The predicted molar refractivity (Wildman–Crippen MR) is 82.7 cm³/mol. The second kappa shape index (κ2) is 7.95. The van der Waals surface area contributed by atoms with Gasteiger partial charge in [0, 0.05) is 26.3 Å². The number of rotatable bonds is 8. The van der Waals surface area contributed by atoms with Crippen LogP contribution in [0.25, 0.3) is 0 Å². The Morgan fingerprint density at radius 2 is 2.05 bits per heavy atom. The molecule has 0 fully saturated rings. The van der Waals surface area contributed by atoms with E-state index in [1.807, 2.05) is 4.90 Å². The molecule has 1 N–H and O–H groups in total. The molecule has 6 heteroatoms. The summed E-state index contributed by atoms with van der Waals surface area (Å²) in [7, 11) is 1.61. The number of methoxy groups -OCH3 is 1. The van der Waals surface area contributed by atoms with E-state index < -0.39 is 11.0 Å². The molecule has 1 aromatic rings. The molecule has 0 saturated carbocycles. The molecule has 0 amide bonds. The molecule has 0 radical (unpaired) electrons. The summed E-state index contributed by atoms with van der Waals surface area (Å²) in [5, 5.41) is 20.9. The molecule has 0 heterocycles. The van der Waals surface area contributed by atoms with Gasteiger partial charge in [-0.05, 0) is 24.5 Å². The first-order chi connectivity index (χ1) is 9.86. The van der Waals surface area contributed by atoms with Gasteiger partial charge in [0.05, 0.1) is 17.6 Å². The highest BCUT2D eigenvalue weighted by molar-refractivity contribution is 5.64. The van der Waals surface area contributed by atoms with Crippen LogP contribution in [0, 0.1) is 16.0 Å². The van der Waals surface area contributed by atoms with Crippen LogP contribution in [-0.2, 0) is 4.74 Å². The van der Waals surface area contributed by atoms with Crippen LogP contribution in [0.1, 0.15) is 32.4 Å². The van der Waals surface area contributed by atoms with Crippen molar-refractivity contribution >= 4 is 11.4 Å². The first-order valence-electron chi connectivity index (χ1n) is 7.07. The topological polar surface area (TPSA) is 75.8 Å². The van der Waals surface area contributed by atoms with Crippen LogP contribution in [0.15, 0.2) is 18.2 Å². The summed E-state index contributed by atoms with van der Waals surface area (Å²) >= 11 is 0. The fourth-order valence-corrected chi connectivity index (χ4v) is 2.17. The minimum atomic E-state index is -0.727. The van der Waals surface area contributed by atoms with Gasteiger partial charge in [-0.15, -0.1) is 0 Å². The largest absolute Gasteiger partial charge is 0.389 e. The van der Waals surface area contributed by atoms with Crippen molar-refractivity contribution in [2.75, 3.05) is 31.7 Å². The molecule has 0 bridgehead atoms. The Morgan fingerprint density at radius 3 is 2.52 bits per heavy atom. The van der Waals surface area contributed by atoms with Crippen molar-refractivity contribution in [3.8, 4) is 0 Å². The molecule has 0 aromatic heterocycles. The predicted octanol–water partition coefficient (Wildman–Crippen LogP) is 2.76. The summed E-state index contributed by atoms with van der Waals surface area (Å²) in [6, 6.07) is 4.88. The normalized spacial score (nSPS) is 12.5. The first-order valence-corrected chi connectivity index (χ1v) is 7.07. The first kappa shape index (κ1) is 17.4. The van der Waals surface area contributed by atoms with Crippen LogP contribution in [0.5, 0.6) is 0 Å². The lowest BCUT2D eigenvalue weighted by Crippen LogP contribution is -2.31. The molecule has 21 heavy (non-hydrogen) atoms. The van der Waals surface area contributed by atoms with Gasteiger partial charge in [-0.3, -0.25) is 10.1 Å². The Labute approximate surface area is 125 Å². The van der Waals surface area contributed by atoms with Crippen LogP contribution < -0.4 is 4.90 Å². The van der Waals surface area contributed by atoms with Crippen LogP contribution in [0.2, 0.25) is 0 Å². The Balaban J connectivity index is 3.18. The van der Waals surface area contributed by atoms with Crippen molar-refractivity contribution in [2.24, 2.45) is 5.92 Å². The van der Waals surface area contributed by atoms with Crippen molar-refractivity contribution in [3.63, 3.8) is 0 Å². The summed E-state index contributed by atoms with van der Waals surface area (Å²) in [4.78, 5) is 12.9. The minimum absolute atomic E-state index is 0.0187. The number of nitrogens with zero attached hydrogens (tertiary/aromatic N) is 2. The van der Waals surface area contributed by atoms with Crippen LogP contribution in [0.3, 0.4) is 0 Å². The summed E-state index contributed by atoms with van der Waals surface area (Å²) in [5.74, 6) is 0.373. The van der Waals surface area contributed by atoms with Crippen molar-refractivity contribution in [1.29, 1.82) is 0 Å². The fourth-order valence-electron chi connectivity index (χ4n) is 2.17. The van der Waals surface area contributed by atoms with Gasteiger partial charge in [0.15, 0.2) is 0 Å². The van der Waals surface area contributed by atoms with Gasteiger partial charge in [-0.1, -0.05) is 19.9 Å². The lowest BCUT2D eigenvalue weighted by Gasteiger charge is -2.26. The van der Waals surface area contributed by atoms with E-state index in [0.717, 1.165) is 0 Å². The number of benzene rings is 1. The number of anilines is 1. The number of hydrogen-bond acceptors (Lipinski definition) is 5. The van der Waals surface area contributed by atoms with Gasteiger partial charge in [-0.2, -0.15) is 0 Å². The highest BCUT2D eigenvalue weighted by Gasteiger charge is 2.21. The van der Waals surface area contributed by atoms with Crippen molar-refractivity contribution in [3.05, 3.63) is 33.9 Å². The molecule has 0 saturated heterocycles. The van der Waals surface area contributed by atoms with Gasteiger partial charge in [0.1, 0.15) is 5.69 Å². The van der Waals surface area contributed by atoms with Crippen LogP contribution >= 0.6 is 0 Å². The summed E-state index contributed by atoms with van der Waals surface area (Å²) in [5.41, 5.74) is 1.13. The summed E-state index contributed by atoms with van der Waals surface area (Å²) < 4.78 is 5.09. The molecule has 0 aliphatic rings. The standard InChI is InChI=1S/C15H24N2O4/c1-11(2)10-16(7-8-21-4)14-6-5-13(12(3)18)9-15(14)17(19)20/h5-6,9,11-12,18H,7-8,10H2,1-4H3. The lowest BCUT2D eigenvalue weighted by atomic mass is 10.1. The molecular formula is C15H24N2O4. The number of ether oxygens (including phenoxy) is 1. The van der Waals surface area contributed by atoms with Crippen LogP contribution in [-0.4, -0.2) is 36.8 Å². The maximum Gasteiger partial charge on any atom is 0.292 e. The minimum Gasteiger partial charge on any atom is -0.389 e. The molecule has 6 nitrogen and oxygen atoms in total. The Bertz CT molecular complexity index is 475. The zero-order valence-electron chi connectivity index (χ0n) is 13.1. The SMILES string of the molecule is COCCN(CC(C)C)c1ccc(C(C)O)cc1[N+](=O)[O-]. The van der Waals surface area contributed by atoms with Gasteiger partial charge in [0.25, 0.3) is 5.69 Å². The van der Waals surface area contributed by atoms with Crippen molar-refractivity contribution < 1.29 is 14.8 Å². The Hall–Kier alpha value is -1.66. The van der Waals surface area contributed by atoms with Gasteiger partial charge in [0.2, 0.25) is 0 Å². The van der Waals surface area contributed by atoms with Gasteiger partial charge < -0.3 is 14.7 Å². The van der Waals surface area contributed by atoms with E-state index in [-0.39, 0.29) is 5.69 Å². The summed E-state index contributed by atoms with van der Waals surface area (Å²) in [6.45, 7) is 7.52. The molecule has 0 aliphatic heterocycles. The number of hydrogen-bond donors (Lipinski definition) is 1. The highest BCUT2D eigenvalue weighted by Crippen LogP contribution is 2.31. The molecule has 1 atom stereocenters. The Morgan fingerprint density at radius 1 is 1.38 bits per heavy atom. The lowest BCUT2D eigenvalue weighted by molar-refractivity contribution is -0.384. The van der Waals surface area contributed by atoms with Gasteiger partial charge >= 0.3 is 0 Å². The molecule has 1 rings (SSSR count). The highest BCUT2D eigenvalue weighted by atomic mass is 16.6. The van der Waals surface area contributed by atoms with Crippen molar-refractivity contribution in [2.45, 2.75) is 26.9 Å². The zero-order chi connectivity index (χ0) is 16.0. The number of aliphatic hydroxyl groups excluding tert-OH is 1. The van der Waals surface area contributed by atoms with Crippen molar-refractivity contribution in [1.82, 2.24) is 0 Å². The van der Waals surface area contributed by atoms with E-state index in [1.165, 1.54) is 6.07 Å². The van der Waals surface area contributed by atoms with E-state index in [9.17, 15) is 15.2 Å². The number of aliphatic hydroxyl groups is 1. The molecule has 0 aliphatic carbocycles. The smallest absolute Gasteiger partial charge is 0.292 e. The maximum absolute atomic E-state index is 11.3. The summed E-state index contributed by atoms with van der Waals surface area (Å²) in [6.07, 6.45) is -0.727. The van der Waals surface area contributed by atoms with E-state index in [4.69, 9.17) is 4.74 Å². The molecular weight excluding hydrogens is 272 g/mol. The van der Waals surface area contributed by atoms with Crippen LogP contribution in [0.4, 0.5) is 11.4 Å². The second-order valence-corrected chi connectivity index (χ2v) is 5.51. The monoisotopic (exact) mass is 296 g/mol. The van der Waals surface area contributed by atoms with E-state index >= 15 is 0 Å². The zero-order valence-corrected chi connectivity index (χ0v) is 13.1. The average Bonchev–Trinajstić information content (AvgIpc) is 2.42. The fraction of sp³-hybridized carbons (Fsp3) is 0.600. The third-order valence-corrected chi connectivity index (χ3v) is 3.17. The number of nitro benzene ring substituents is 1. The molecule has 118 valence electrons. The van der Waals surface area contributed by atoms with E-state index in [2.05, 4.69) is 13.8 Å². The quantitative estimate of drug-likeness (QED) is 0.589. The van der Waals surface area contributed by atoms with E-state index in [0.29, 0.717) is 36.9 Å². The van der Waals surface area contributed by atoms with E-state index in [1.54, 1.807) is 26.2 Å². The third kappa shape index (κ3) is 4.99. The molecule has 1 aromatic carbocycles. The maximum atomic E-state index is 11.3. The average molecular weight is 296 g/mol.